The highest BCUT2D eigenvalue weighted by Gasteiger charge is 2.05. The molecule has 0 aliphatic heterocycles. The molecule has 0 spiro atoms. The Hall–Kier alpha value is -1.94. The molecule has 0 aliphatic carbocycles. The van der Waals surface area contributed by atoms with Crippen molar-refractivity contribution in [2.75, 3.05) is 5.32 Å². The van der Waals surface area contributed by atoms with E-state index in [1.807, 2.05) is 11.4 Å². The molecule has 0 atom stereocenters. The Bertz CT molecular complexity index is 686. The summed E-state index contributed by atoms with van der Waals surface area (Å²) in [5.41, 5.74) is 2.39. The molecule has 1 aromatic carbocycles. The lowest BCUT2D eigenvalue weighted by molar-refractivity contribution is 0.867. The van der Waals surface area contributed by atoms with E-state index in [2.05, 4.69) is 53.4 Å². The number of nitrogens with one attached hydrogen (secondary N) is 1. The summed E-state index contributed by atoms with van der Waals surface area (Å²) in [5, 5.41) is 6.46. The molecule has 3 aromatic rings. The zero-order valence-corrected chi connectivity index (χ0v) is 11.7. The van der Waals surface area contributed by atoms with Gasteiger partial charge in [-0.25, -0.2) is 9.97 Å². The Labute approximate surface area is 116 Å². The van der Waals surface area contributed by atoms with E-state index in [1.165, 1.54) is 5.56 Å². The number of fused-ring (bicyclic) bond motifs is 1. The van der Waals surface area contributed by atoms with Crippen molar-refractivity contribution in [1.29, 1.82) is 0 Å². The summed E-state index contributed by atoms with van der Waals surface area (Å²) < 4.78 is 0. The van der Waals surface area contributed by atoms with Crippen LogP contribution in [-0.4, -0.2) is 9.97 Å². The standard InChI is InChI=1S/C15H15N3S/c1-10(2)11-3-5-12(6-4-11)18-14-13-7-8-19-15(13)17-9-16-14/h3-10H,1-2H3,(H,16,17,18). The second kappa shape index (κ2) is 4.97. The second-order valence-electron chi connectivity index (χ2n) is 4.76. The average Bonchev–Trinajstić information content (AvgIpc) is 2.89. The highest BCUT2D eigenvalue weighted by Crippen LogP contribution is 2.27. The third kappa shape index (κ3) is 2.44. The van der Waals surface area contributed by atoms with Gasteiger partial charge in [-0.3, -0.25) is 0 Å². The number of hydrogen-bond acceptors (Lipinski definition) is 4. The number of rotatable bonds is 3. The van der Waals surface area contributed by atoms with Gasteiger partial charge in [0.25, 0.3) is 0 Å². The van der Waals surface area contributed by atoms with Gasteiger partial charge < -0.3 is 5.32 Å². The van der Waals surface area contributed by atoms with Crippen LogP contribution >= 0.6 is 11.3 Å². The molecule has 19 heavy (non-hydrogen) atoms. The van der Waals surface area contributed by atoms with E-state index in [0.29, 0.717) is 5.92 Å². The monoisotopic (exact) mass is 269 g/mol. The first kappa shape index (κ1) is 12.1. The van der Waals surface area contributed by atoms with Crippen LogP contribution in [0.5, 0.6) is 0 Å². The Morgan fingerprint density at radius 3 is 2.58 bits per heavy atom. The summed E-state index contributed by atoms with van der Waals surface area (Å²) in [6.07, 6.45) is 1.60. The number of benzene rings is 1. The number of thiophene rings is 1. The molecule has 0 unspecified atom stereocenters. The maximum Gasteiger partial charge on any atom is 0.142 e. The van der Waals surface area contributed by atoms with Crippen LogP contribution in [0.15, 0.2) is 42.0 Å². The normalized spacial score (nSPS) is 11.1. The molecule has 2 aromatic heterocycles. The predicted molar refractivity (Wildman–Crippen MR) is 81.2 cm³/mol. The molecule has 0 amide bonds. The van der Waals surface area contributed by atoms with Gasteiger partial charge in [0.05, 0.1) is 5.39 Å². The molecular weight excluding hydrogens is 254 g/mol. The first-order valence-electron chi connectivity index (χ1n) is 6.29. The summed E-state index contributed by atoms with van der Waals surface area (Å²) in [4.78, 5) is 9.58. The smallest absolute Gasteiger partial charge is 0.142 e. The number of anilines is 2. The quantitative estimate of drug-likeness (QED) is 0.757. The highest BCUT2D eigenvalue weighted by atomic mass is 32.1. The van der Waals surface area contributed by atoms with E-state index < -0.39 is 0 Å². The minimum atomic E-state index is 0.552. The average molecular weight is 269 g/mol. The molecule has 0 radical (unpaired) electrons. The van der Waals surface area contributed by atoms with E-state index in [-0.39, 0.29) is 0 Å². The van der Waals surface area contributed by atoms with Crippen molar-refractivity contribution >= 4 is 33.1 Å². The lowest BCUT2D eigenvalue weighted by Crippen LogP contribution is -1.95. The molecule has 0 saturated heterocycles. The van der Waals surface area contributed by atoms with Crippen LogP contribution in [0.1, 0.15) is 25.3 Å². The molecule has 0 bridgehead atoms. The molecule has 2 heterocycles. The molecule has 0 aliphatic rings. The highest BCUT2D eigenvalue weighted by molar-refractivity contribution is 7.16. The fourth-order valence-corrected chi connectivity index (χ4v) is 2.71. The minimum Gasteiger partial charge on any atom is -0.340 e. The molecule has 3 rings (SSSR count). The molecular formula is C15H15N3S. The SMILES string of the molecule is CC(C)c1ccc(Nc2ncnc3sccc23)cc1. The van der Waals surface area contributed by atoms with Crippen LogP contribution in [0.2, 0.25) is 0 Å². The van der Waals surface area contributed by atoms with Gasteiger partial charge in [0.2, 0.25) is 0 Å². The maximum atomic E-state index is 4.32. The van der Waals surface area contributed by atoms with Crippen molar-refractivity contribution in [3.05, 3.63) is 47.6 Å². The van der Waals surface area contributed by atoms with Gasteiger partial charge in [-0.15, -0.1) is 11.3 Å². The van der Waals surface area contributed by atoms with Crippen molar-refractivity contribution in [2.45, 2.75) is 19.8 Å². The van der Waals surface area contributed by atoms with Gasteiger partial charge in [0, 0.05) is 5.69 Å². The van der Waals surface area contributed by atoms with Gasteiger partial charge >= 0.3 is 0 Å². The van der Waals surface area contributed by atoms with Crippen LogP contribution in [0.4, 0.5) is 11.5 Å². The third-order valence-corrected chi connectivity index (χ3v) is 3.92. The minimum absolute atomic E-state index is 0.552. The van der Waals surface area contributed by atoms with Crippen molar-refractivity contribution in [3.8, 4) is 0 Å². The molecule has 0 saturated carbocycles. The predicted octanol–water partition coefficient (Wildman–Crippen LogP) is 4.56. The molecule has 96 valence electrons. The first-order chi connectivity index (χ1) is 9.24. The number of hydrogen-bond donors (Lipinski definition) is 1. The van der Waals surface area contributed by atoms with Crippen molar-refractivity contribution in [3.63, 3.8) is 0 Å². The number of aromatic nitrogens is 2. The fraction of sp³-hybridized carbons (Fsp3) is 0.200. The van der Waals surface area contributed by atoms with E-state index >= 15 is 0 Å². The first-order valence-corrected chi connectivity index (χ1v) is 7.17. The largest absolute Gasteiger partial charge is 0.340 e. The van der Waals surface area contributed by atoms with E-state index in [9.17, 15) is 0 Å². The maximum absolute atomic E-state index is 4.32. The number of nitrogens with zero attached hydrogens (tertiary/aromatic N) is 2. The Morgan fingerprint density at radius 1 is 1.05 bits per heavy atom. The lowest BCUT2D eigenvalue weighted by atomic mass is 10.0. The molecule has 0 fully saturated rings. The van der Waals surface area contributed by atoms with E-state index in [1.54, 1.807) is 17.7 Å². The topological polar surface area (TPSA) is 37.8 Å². The van der Waals surface area contributed by atoms with Gasteiger partial charge in [-0.2, -0.15) is 0 Å². The third-order valence-electron chi connectivity index (χ3n) is 3.10. The summed E-state index contributed by atoms with van der Waals surface area (Å²) in [6, 6.07) is 10.5. The van der Waals surface area contributed by atoms with Crippen LogP contribution in [0, 0.1) is 0 Å². The summed E-state index contributed by atoms with van der Waals surface area (Å²) in [6.45, 7) is 4.39. The summed E-state index contributed by atoms with van der Waals surface area (Å²) in [7, 11) is 0. The van der Waals surface area contributed by atoms with Crippen molar-refractivity contribution < 1.29 is 0 Å². The Kier molecular flexibility index (Phi) is 3.17. The zero-order chi connectivity index (χ0) is 13.2. The zero-order valence-electron chi connectivity index (χ0n) is 10.9. The van der Waals surface area contributed by atoms with Gasteiger partial charge in [0.1, 0.15) is 17.0 Å². The summed E-state index contributed by atoms with van der Waals surface area (Å²) in [5.74, 6) is 1.42. The molecule has 1 N–H and O–H groups in total. The van der Waals surface area contributed by atoms with Crippen molar-refractivity contribution in [1.82, 2.24) is 9.97 Å². The summed E-state index contributed by atoms with van der Waals surface area (Å²) >= 11 is 1.63. The lowest BCUT2D eigenvalue weighted by Gasteiger charge is -2.09. The fourth-order valence-electron chi connectivity index (χ4n) is 1.98. The van der Waals surface area contributed by atoms with Crippen LogP contribution in [0.25, 0.3) is 10.2 Å². The van der Waals surface area contributed by atoms with Crippen molar-refractivity contribution in [2.24, 2.45) is 0 Å². The Morgan fingerprint density at radius 2 is 1.84 bits per heavy atom. The molecule has 4 heteroatoms. The van der Waals surface area contributed by atoms with E-state index in [0.717, 1.165) is 21.7 Å². The van der Waals surface area contributed by atoms with Gasteiger partial charge in [-0.1, -0.05) is 26.0 Å². The Balaban J connectivity index is 1.90. The van der Waals surface area contributed by atoms with Crippen LogP contribution in [-0.2, 0) is 0 Å². The van der Waals surface area contributed by atoms with Gasteiger partial charge in [-0.05, 0) is 35.1 Å². The second-order valence-corrected chi connectivity index (χ2v) is 5.66. The molecule has 3 nitrogen and oxygen atoms in total. The van der Waals surface area contributed by atoms with E-state index in [4.69, 9.17) is 0 Å². The van der Waals surface area contributed by atoms with Crippen LogP contribution in [0.3, 0.4) is 0 Å². The van der Waals surface area contributed by atoms with Crippen LogP contribution < -0.4 is 5.32 Å². The van der Waals surface area contributed by atoms with Gasteiger partial charge in [0.15, 0.2) is 0 Å².